The predicted octanol–water partition coefficient (Wildman–Crippen LogP) is 2.17. The van der Waals surface area contributed by atoms with Crippen molar-refractivity contribution in [3.8, 4) is 0 Å². The summed E-state index contributed by atoms with van der Waals surface area (Å²) >= 11 is 0. The second kappa shape index (κ2) is 12.9. The molecule has 0 aliphatic heterocycles. The van der Waals surface area contributed by atoms with Crippen LogP contribution in [0.1, 0.15) is 46.5 Å². The van der Waals surface area contributed by atoms with Gasteiger partial charge in [-0.3, -0.25) is 4.79 Å². The molecule has 1 atom stereocenters. The van der Waals surface area contributed by atoms with E-state index in [4.69, 9.17) is 15.3 Å². The summed E-state index contributed by atoms with van der Waals surface area (Å²) < 4.78 is 0. The van der Waals surface area contributed by atoms with E-state index in [9.17, 15) is 4.79 Å². The molecule has 0 aromatic rings. The smallest absolute Gasteiger partial charge is 0.320 e. The Morgan fingerprint density at radius 3 is 2.29 bits per heavy atom. The summed E-state index contributed by atoms with van der Waals surface area (Å²) in [6, 6.07) is -0.369. The number of nitrogens with one attached hydrogen (secondary N) is 2. The number of rotatable bonds is 8. The molecule has 0 aromatic heterocycles. The molecule has 100 valence electrons. The molecule has 0 saturated carbocycles. The highest BCUT2D eigenvalue weighted by Gasteiger charge is 2.17. The van der Waals surface area contributed by atoms with Gasteiger partial charge in [0.25, 0.3) is 0 Å². The van der Waals surface area contributed by atoms with Crippen molar-refractivity contribution in [1.29, 1.82) is 5.41 Å². The maximum atomic E-state index is 10.8. The summed E-state index contributed by atoms with van der Waals surface area (Å²) in [7, 11) is 0. The van der Waals surface area contributed by atoms with Crippen LogP contribution < -0.4 is 5.32 Å². The SMILES string of the molecule is CCCCCNC(CC(C)C)C(=O)O.N=C=O. The van der Waals surface area contributed by atoms with Crippen molar-refractivity contribution in [1.82, 2.24) is 5.32 Å². The highest BCUT2D eigenvalue weighted by Crippen LogP contribution is 2.05. The Balaban J connectivity index is 0. The summed E-state index contributed by atoms with van der Waals surface area (Å²) in [5.41, 5.74) is 0. The first-order chi connectivity index (χ1) is 7.99. The van der Waals surface area contributed by atoms with Crippen LogP contribution in [-0.4, -0.2) is 29.7 Å². The van der Waals surface area contributed by atoms with Gasteiger partial charge in [-0.25, -0.2) is 10.2 Å². The Labute approximate surface area is 103 Å². The second-order valence-electron chi connectivity index (χ2n) is 4.28. The van der Waals surface area contributed by atoms with Gasteiger partial charge < -0.3 is 10.4 Å². The fourth-order valence-electron chi connectivity index (χ4n) is 1.39. The zero-order chi connectivity index (χ0) is 13.7. The number of carboxylic acid groups (broad SMARTS) is 1. The van der Waals surface area contributed by atoms with Crippen molar-refractivity contribution in [2.45, 2.75) is 52.5 Å². The molecule has 0 spiro atoms. The first-order valence-corrected chi connectivity index (χ1v) is 5.99. The maximum absolute atomic E-state index is 10.8. The summed E-state index contributed by atoms with van der Waals surface area (Å²) in [6.45, 7) is 7.05. The lowest BCUT2D eigenvalue weighted by Crippen LogP contribution is -2.38. The lowest BCUT2D eigenvalue weighted by atomic mass is 10.0. The predicted molar refractivity (Wildman–Crippen MR) is 66.8 cm³/mol. The Morgan fingerprint density at radius 2 is 1.94 bits per heavy atom. The van der Waals surface area contributed by atoms with Crippen LogP contribution in [0, 0.1) is 11.3 Å². The van der Waals surface area contributed by atoms with Crippen LogP contribution in [0.15, 0.2) is 0 Å². The minimum Gasteiger partial charge on any atom is -0.480 e. The van der Waals surface area contributed by atoms with Gasteiger partial charge in [-0.1, -0.05) is 33.6 Å². The maximum Gasteiger partial charge on any atom is 0.320 e. The van der Waals surface area contributed by atoms with E-state index in [1.54, 1.807) is 0 Å². The van der Waals surface area contributed by atoms with Crippen molar-refractivity contribution < 1.29 is 14.7 Å². The van der Waals surface area contributed by atoms with Gasteiger partial charge in [-0.05, 0) is 25.3 Å². The van der Waals surface area contributed by atoms with E-state index >= 15 is 0 Å². The summed E-state index contributed by atoms with van der Waals surface area (Å²) in [5, 5.41) is 17.4. The van der Waals surface area contributed by atoms with E-state index in [0.29, 0.717) is 12.3 Å². The third-order valence-electron chi connectivity index (χ3n) is 2.18. The lowest BCUT2D eigenvalue weighted by Gasteiger charge is -2.16. The van der Waals surface area contributed by atoms with Crippen LogP contribution in [-0.2, 0) is 9.59 Å². The number of isocyanates is 1. The number of aliphatic carboxylic acids is 1. The van der Waals surface area contributed by atoms with Gasteiger partial charge in [0.05, 0.1) is 0 Å². The van der Waals surface area contributed by atoms with E-state index in [1.165, 1.54) is 12.8 Å². The standard InChI is InChI=1S/C11H23NO2.CHNO/c1-4-5-6-7-12-10(11(13)14)8-9(2)3;2-1-3/h9-10,12H,4-8H2,1-3H3,(H,13,14);2H. The molecule has 0 aliphatic carbocycles. The van der Waals surface area contributed by atoms with Crippen molar-refractivity contribution in [3.05, 3.63) is 0 Å². The van der Waals surface area contributed by atoms with Crippen LogP contribution in [0.3, 0.4) is 0 Å². The molecule has 5 heteroatoms. The van der Waals surface area contributed by atoms with Gasteiger partial charge in [0.2, 0.25) is 6.08 Å². The van der Waals surface area contributed by atoms with E-state index in [-0.39, 0.29) is 6.04 Å². The topological polar surface area (TPSA) is 90.2 Å². The third kappa shape index (κ3) is 14.8. The molecule has 0 fully saturated rings. The van der Waals surface area contributed by atoms with Crippen LogP contribution in [0.4, 0.5) is 0 Å². The number of carboxylic acids is 1. The molecule has 0 aliphatic rings. The minimum absolute atomic E-state index is 0.369. The highest BCUT2D eigenvalue weighted by atomic mass is 16.4. The largest absolute Gasteiger partial charge is 0.480 e. The molecule has 0 bridgehead atoms. The number of hydrogen-bond donors (Lipinski definition) is 3. The van der Waals surface area contributed by atoms with Crippen molar-refractivity contribution >= 4 is 12.0 Å². The molecule has 0 aromatic carbocycles. The normalized spacial score (nSPS) is 11.3. The van der Waals surface area contributed by atoms with E-state index in [0.717, 1.165) is 19.0 Å². The Kier molecular flexibility index (Phi) is 13.8. The van der Waals surface area contributed by atoms with Gasteiger partial charge in [0.15, 0.2) is 0 Å². The molecule has 0 amide bonds. The van der Waals surface area contributed by atoms with Crippen molar-refractivity contribution in [2.24, 2.45) is 5.92 Å². The van der Waals surface area contributed by atoms with Gasteiger partial charge in [-0.2, -0.15) is 0 Å². The summed E-state index contributed by atoms with van der Waals surface area (Å²) in [5.74, 6) is -0.301. The highest BCUT2D eigenvalue weighted by molar-refractivity contribution is 5.73. The molecule has 0 rings (SSSR count). The molecular weight excluding hydrogens is 220 g/mol. The zero-order valence-electron chi connectivity index (χ0n) is 11.0. The van der Waals surface area contributed by atoms with E-state index in [2.05, 4.69) is 12.2 Å². The first kappa shape index (κ1) is 18.2. The van der Waals surface area contributed by atoms with Crippen LogP contribution in [0.5, 0.6) is 0 Å². The molecule has 17 heavy (non-hydrogen) atoms. The fraction of sp³-hybridized carbons (Fsp3) is 0.833. The van der Waals surface area contributed by atoms with E-state index in [1.807, 2.05) is 13.8 Å². The average Bonchev–Trinajstić information content (AvgIpc) is 2.23. The molecule has 5 nitrogen and oxygen atoms in total. The van der Waals surface area contributed by atoms with Crippen LogP contribution in [0.2, 0.25) is 0 Å². The zero-order valence-corrected chi connectivity index (χ0v) is 11.0. The Morgan fingerprint density at radius 1 is 1.41 bits per heavy atom. The second-order valence-corrected chi connectivity index (χ2v) is 4.28. The first-order valence-electron chi connectivity index (χ1n) is 5.99. The summed E-state index contributed by atoms with van der Waals surface area (Å²) in [6.07, 6.45) is 4.87. The number of unbranched alkanes of at least 4 members (excludes halogenated alkanes) is 2. The number of carbonyl (C=O) groups is 1. The Hall–Kier alpha value is -1.19. The molecule has 1 unspecified atom stereocenters. The number of hydrogen-bond acceptors (Lipinski definition) is 4. The minimum atomic E-state index is -0.727. The molecular formula is C12H24N2O3. The van der Waals surface area contributed by atoms with Crippen LogP contribution in [0.25, 0.3) is 0 Å². The average molecular weight is 244 g/mol. The number of carbonyl (C=O) groups excluding carboxylic acids is 1. The third-order valence-corrected chi connectivity index (χ3v) is 2.18. The Bertz CT molecular complexity index is 224. The molecule has 0 heterocycles. The van der Waals surface area contributed by atoms with Gasteiger partial charge in [0, 0.05) is 0 Å². The molecule has 0 radical (unpaired) electrons. The van der Waals surface area contributed by atoms with Gasteiger partial charge in [-0.15, -0.1) is 0 Å². The van der Waals surface area contributed by atoms with Gasteiger partial charge in [0.1, 0.15) is 6.04 Å². The van der Waals surface area contributed by atoms with Crippen molar-refractivity contribution in [2.75, 3.05) is 6.54 Å². The molecule has 0 saturated heterocycles. The van der Waals surface area contributed by atoms with Crippen molar-refractivity contribution in [3.63, 3.8) is 0 Å². The van der Waals surface area contributed by atoms with Crippen LogP contribution >= 0.6 is 0 Å². The fourth-order valence-corrected chi connectivity index (χ4v) is 1.39. The quantitative estimate of drug-likeness (QED) is 0.347. The van der Waals surface area contributed by atoms with E-state index < -0.39 is 5.97 Å². The molecule has 3 N–H and O–H groups in total. The monoisotopic (exact) mass is 244 g/mol. The lowest BCUT2D eigenvalue weighted by molar-refractivity contribution is -0.139. The summed E-state index contributed by atoms with van der Waals surface area (Å²) in [4.78, 5) is 19.2. The van der Waals surface area contributed by atoms with Gasteiger partial charge >= 0.3 is 5.97 Å².